The first kappa shape index (κ1) is 19.3. The fourth-order valence-corrected chi connectivity index (χ4v) is 3.25. The molecule has 140 valence electrons. The first-order valence-electron chi connectivity index (χ1n) is 8.47. The van der Waals surface area contributed by atoms with E-state index in [1.807, 2.05) is 13.0 Å². The van der Waals surface area contributed by atoms with E-state index in [4.69, 9.17) is 4.55 Å². The van der Waals surface area contributed by atoms with Crippen LogP contribution in [0.2, 0.25) is 0 Å². The molecule has 2 aromatic carbocycles. The van der Waals surface area contributed by atoms with Crippen molar-refractivity contribution in [3.05, 3.63) is 76.7 Å². The number of fused-ring (bicyclic) bond motifs is 1. The lowest BCUT2D eigenvalue weighted by atomic mass is 9.98. The number of hydrogen-bond donors (Lipinski definition) is 2. The summed E-state index contributed by atoms with van der Waals surface area (Å²) in [6.45, 7) is 2.25. The average molecular weight is 386 g/mol. The Morgan fingerprint density at radius 1 is 1.19 bits per heavy atom. The van der Waals surface area contributed by atoms with Gasteiger partial charge in [0.25, 0.3) is 0 Å². The van der Waals surface area contributed by atoms with Crippen molar-refractivity contribution in [2.75, 3.05) is 6.54 Å². The number of benzene rings is 2. The summed E-state index contributed by atoms with van der Waals surface area (Å²) < 4.78 is 35.6. The standard InChI is InChI=1S/C20H19FN2O3S/c1-13-7-16-10-15(4-5-19(16)22-12-13)20(24)17-8-14(9-18(21)11-17)3-2-6-23-27(25)26/h4-5,7-12,23H,2-3,6H2,1H3,(H,25,26). The van der Waals surface area contributed by atoms with Gasteiger partial charge in [0.05, 0.1) is 5.52 Å². The molecule has 3 rings (SSSR count). The molecule has 0 saturated carbocycles. The maximum atomic E-state index is 14.0. The second-order valence-electron chi connectivity index (χ2n) is 6.34. The van der Waals surface area contributed by atoms with E-state index < -0.39 is 17.1 Å². The maximum Gasteiger partial charge on any atom is 0.231 e. The van der Waals surface area contributed by atoms with Crippen LogP contribution in [0.1, 0.15) is 33.5 Å². The van der Waals surface area contributed by atoms with Crippen molar-refractivity contribution in [2.45, 2.75) is 19.8 Å². The van der Waals surface area contributed by atoms with Gasteiger partial charge in [-0.1, -0.05) is 0 Å². The summed E-state index contributed by atoms with van der Waals surface area (Å²) >= 11 is -2.06. The first-order valence-corrected chi connectivity index (χ1v) is 9.58. The highest BCUT2D eigenvalue weighted by molar-refractivity contribution is 7.77. The molecule has 7 heteroatoms. The van der Waals surface area contributed by atoms with Crippen LogP contribution in [-0.2, 0) is 17.7 Å². The number of carbonyl (C=O) groups is 1. The number of ketones is 1. The van der Waals surface area contributed by atoms with Crippen LogP contribution in [0.4, 0.5) is 4.39 Å². The average Bonchev–Trinajstić information content (AvgIpc) is 2.63. The molecule has 3 aromatic rings. The zero-order valence-corrected chi connectivity index (χ0v) is 15.6. The van der Waals surface area contributed by atoms with Gasteiger partial charge in [-0.05, 0) is 73.4 Å². The van der Waals surface area contributed by atoms with Gasteiger partial charge in [0.15, 0.2) is 5.78 Å². The highest BCUT2D eigenvalue weighted by atomic mass is 32.2. The molecule has 2 N–H and O–H groups in total. The van der Waals surface area contributed by atoms with Crippen molar-refractivity contribution in [1.82, 2.24) is 9.71 Å². The Labute approximate surface area is 159 Å². The Hall–Kier alpha value is -2.48. The summed E-state index contributed by atoms with van der Waals surface area (Å²) in [5, 5.41) is 0.862. The van der Waals surface area contributed by atoms with Crippen molar-refractivity contribution >= 4 is 28.0 Å². The van der Waals surface area contributed by atoms with Gasteiger partial charge >= 0.3 is 0 Å². The molecule has 0 spiro atoms. The van der Waals surface area contributed by atoms with Crippen molar-refractivity contribution < 1.29 is 17.9 Å². The fourth-order valence-electron chi connectivity index (χ4n) is 2.93. The number of aryl methyl sites for hydroxylation is 2. The lowest BCUT2D eigenvalue weighted by Crippen LogP contribution is -2.17. The van der Waals surface area contributed by atoms with Crippen LogP contribution in [-0.4, -0.2) is 26.1 Å². The van der Waals surface area contributed by atoms with Gasteiger partial charge in [0.1, 0.15) is 5.82 Å². The van der Waals surface area contributed by atoms with E-state index in [1.165, 1.54) is 12.1 Å². The smallest absolute Gasteiger partial charge is 0.231 e. The summed E-state index contributed by atoms with van der Waals surface area (Å²) in [4.78, 5) is 17.1. The zero-order valence-electron chi connectivity index (χ0n) is 14.7. The van der Waals surface area contributed by atoms with Crippen LogP contribution in [0, 0.1) is 12.7 Å². The normalized spacial score (nSPS) is 12.3. The van der Waals surface area contributed by atoms with Crippen LogP contribution in [0.3, 0.4) is 0 Å². The van der Waals surface area contributed by atoms with Gasteiger partial charge in [0.2, 0.25) is 11.3 Å². The third-order valence-corrected chi connectivity index (χ3v) is 4.62. The third-order valence-electron chi connectivity index (χ3n) is 4.17. The van der Waals surface area contributed by atoms with Crippen LogP contribution in [0.5, 0.6) is 0 Å². The SMILES string of the molecule is Cc1cnc2ccc(C(=O)c3cc(F)cc(CCCNS(=O)O)c3)cc2c1. The Bertz CT molecular complexity index is 1020. The number of aromatic nitrogens is 1. The third kappa shape index (κ3) is 5.03. The minimum Gasteiger partial charge on any atom is -0.294 e. The molecule has 0 aliphatic carbocycles. The number of halogens is 1. The largest absolute Gasteiger partial charge is 0.294 e. The summed E-state index contributed by atoms with van der Waals surface area (Å²) in [5.74, 6) is -0.735. The molecule has 1 aromatic heterocycles. The maximum absolute atomic E-state index is 14.0. The monoisotopic (exact) mass is 386 g/mol. The lowest BCUT2D eigenvalue weighted by Gasteiger charge is -2.07. The Morgan fingerprint density at radius 2 is 2.00 bits per heavy atom. The van der Waals surface area contributed by atoms with Gasteiger partial charge in [-0.2, -0.15) is 0 Å². The molecule has 1 heterocycles. The summed E-state index contributed by atoms with van der Waals surface area (Å²) in [6, 6.07) is 11.5. The van der Waals surface area contributed by atoms with Gasteiger partial charge in [-0.3, -0.25) is 14.3 Å². The second kappa shape index (κ2) is 8.47. The summed E-state index contributed by atoms with van der Waals surface area (Å²) in [7, 11) is 0. The van der Waals surface area contributed by atoms with E-state index in [9.17, 15) is 13.4 Å². The van der Waals surface area contributed by atoms with E-state index in [-0.39, 0.29) is 11.3 Å². The van der Waals surface area contributed by atoms with E-state index in [0.717, 1.165) is 16.5 Å². The molecule has 0 bridgehead atoms. The Kier molecular flexibility index (Phi) is 6.05. The number of hydrogen-bond acceptors (Lipinski definition) is 3. The summed E-state index contributed by atoms with van der Waals surface area (Å²) in [6.07, 6.45) is 2.80. The molecule has 0 aliphatic rings. The molecular formula is C20H19FN2O3S. The van der Waals surface area contributed by atoms with Gasteiger partial charge in [0, 0.05) is 29.3 Å². The molecular weight excluding hydrogens is 367 g/mol. The topological polar surface area (TPSA) is 79.3 Å². The van der Waals surface area contributed by atoms with Crippen LogP contribution < -0.4 is 4.72 Å². The molecule has 0 saturated heterocycles. The van der Waals surface area contributed by atoms with Gasteiger partial charge in [-0.25, -0.2) is 13.3 Å². The Balaban J connectivity index is 1.82. The quantitative estimate of drug-likeness (QED) is 0.370. The van der Waals surface area contributed by atoms with Crippen molar-refractivity contribution in [2.24, 2.45) is 0 Å². The fraction of sp³-hybridized carbons (Fsp3) is 0.200. The van der Waals surface area contributed by atoms with Crippen LogP contribution in [0.25, 0.3) is 10.9 Å². The number of nitrogens with one attached hydrogen (secondary N) is 1. The Morgan fingerprint density at radius 3 is 2.78 bits per heavy atom. The van der Waals surface area contributed by atoms with E-state index in [0.29, 0.717) is 30.5 Å². The highest BCUT2D eigenvalue weighted by Crippen LogP contribution is 2.20. The number of nitrogens with zero attached hydrogens (tertiary/aromatic N) is 1. The molecule has 0 radical (unpaired) electrons. The molecule has 27 heavy (non-hydrogen) atoms. The minimum absolute atomic E-state index is 0.256. The van der Waals surface area contributed by atoms with E-state index >= 15 is 0 Å². The number of pyridine rings is 1. The summed E-state index contributed by atoms with van der Waals surface area (Å²) in [5.41, 5.74) is 3.22. The van der Waals surface area contributed by atoms with E-state index in [2.05, 4.69) is 9.71 Å². The number of rotatable bonds is 7. The molecule has 1 atom stereocenters. The predicted molar refractivity (Wildman–Crippen MR) is 103 cm³/mol. The van der Waals surface area contributed by atoms with Crippen molar-refractivity contribution in [3.8, 4) is 0 Å². The van der Waals surface area contributed by atoms with Crippen molar-refractivity contribution in [1.29, 1.82) is 0 Å². The lowest BCUT2D eigenvalue weighted by molar-refractivity contribution is 0.103. The van der Waals surface area contributed by atoms with Crippen LogP contribution in [0.15, 0.2) is 48.7 Å². The molecule has 1 unspecified atom stereocenters. The highest BCUT2D eigenvalue weighted by Gasteiger charge is 2.13. The first-order chi connectivity index (χ1) is 12.9. The van der Waals surface area contributed by atoms with Crippen molar-refractivity contribution in [3.63, 3.8) is 0 Å². The zero-order chi connectivity index (χ0) is 19.4. The second-order valence-corrected chi connectivity index (χ2v) is 7.13. The minimum atomic E-state index is -2.06. The number of carbonyl (C=O) groups excluding carboxylic acids is 1. The van der Waals surface area contributed by atoms with Gasteiger partial charge < -0.3 is 0 Å². The van der Waals surface area contributed by atoms with Crippen LogP contribution >= 0.6 is 0 Å². The molecule has 0 aliphatic heterocycles. The van der Waals surface area contributed by atoms with E-state index in [1.54, 1.807) is 30.5 Å². The van der Waals surface area contributed by atoms with Gasteiger partial charge in [-0.15, -0.1) is 0 Å². The molecule has 0 amide bonds. The predicted octanol–water partition coefficient (Wildman–Crippen LogP) is 3.57. The molecule has 0 fully saturated rings. The molecule has 5 nitrogen and oxygen atoms in total.